The van der Waals surface area contributed by atoms with E-state index in [4.69, 9.17) is 5.14 Å². The Kier molecular flexibility index (Phi) is 3.93. The van der Waals surface area contributed by atoms with Crippen LogP contribution in [0.4, 0.5) is 5.69 Å². The molecule has 0 fully saturated rings. The van der Waals surface area contributed by atoms with E-state index in [1.807, 2.05) is 0 Å². The second kappa shape index (κ2) is 5.54. The highest BCUT2D eigenvalue weighted by molar-refractivity contribution is 7.89. The smallest absolute Gasteiger partial charge is 0.255 e. The highest BCUT2D eigenvalue weighted by Gasteiger charge is 2.14. The van der Waals surface area contributed by atoms with Gasteiger partial charge in [-0.2, -0.15) is 0 Å². The molecule has 0 radical (unpaired) electrons. The summed E-state index contributed by atoms with van der Waals surface area (Å²) in [6.45, 7) is 0. The Morgan fingerprint density at radius 2 is 1.50 bits per heavy atom. The van der Waals surface area contributed by atoms with Crippen molar-refractivity contribution in [1.29, 1.82) is 0 Å². The molecular weight excluding hydrogens is 312 g/mol. The van der Waals surface area contributed by atoms with Crippen LogP contribution in [0.2, 0.25) is 0 Å². The molecule has 0 saturated carbocycles. The highest BCUT2D eigenvalue weighted by Crippen LogP contribution is 2.35. The molecule has 0 atom stereocenters. The van der Waals surface area contributed by atoms with Crippen LogP contribution >= 0.6 is 0 Å². The number of phenolic OH excluding ortho intramolecular Hbond substituents is 3. The molecule has 8 nitrogen and oxygen atoms in total. The first-order valence-corrected chi connectivity index (χ1v) is 7.42. The number of primary sulfonamides is 1. The van der Waals surface area contributed by atoms with Crippen molar-refractivity contribution in [2.24, 2.45) is 5.14 Å². The average molecular weight is 324 g/mol. The molecule has 0 aliphatic heterocycles. The van der Waals surface area contributed by atoms with E-state index < -0.39 is 33.2 Å². The molecule has 22 heavy (non-hydrogen) atoms. The third-order valence-corrected chi connectivity index (χ3v) is 3.70. The summed E-state index contributed by atoms with van der Waals surface area (Å²) in [5, 5.41) is 35.3. The molecular formula is C13H12N2O6S. The van der Waals surface area contributed by atoms with Crippen LogP contribution in [-0.4, -0.2) is 29.6 Å². The van der Waals surface area contributed by atoms with Gasteiger partial charge in [0.25, 0.3) is 5.91 Å². The van der Waals surface area contributed by atoms with Crippen molar-refractivity contribution in [3.63, 3.8) is 0 Å². The molecule has 6 N–H and O–H groups in total. The molecule has 0 saturated heterocycles. The normalized spacial score (nSPS) is 11.1. The van der Waals surface area contributed by atoms with Gasteiger partial charge in [0, 0.05) is 11.3 Å². The number of hydrogen-bond donors (Lipinski definition) is 5. The van der Waals surface area contributed by atoms with E-state index >= 15 is 0 Å². The predicted octanol–water partition coefficient (Wildman–Crippen LogP) is 0.703. The minimum absolute atomic E-state index is 0.0941. The molecule has 0 heterocycles. The quantitative estimate of drug-likeness (QED) is 0.524. The SMILES string of the molecule is NS(=O)(=O)c1ccc(NC(=O)c2cc(O)c(O)c(O)c2)cc1. The number of benzene rings is 2. The zero-order valence-electron chi connectivity index (χ0n) is 11.0. The van der Waals surface area contributed by atoms with Gasteiger partial charge in [-0.3, -0.25) is 4.79 Å². The maximum atomic E-state index is 12.0. The lowest BCUT2D eigenvalue weighted by molar-refractivity contribution is 0.102. The van der Waals surface area contributed by atoms with Gasteiger partial charge in [0.15, 0.2) is 17.2 Å². The van der Waals surface area contributed by atoms with Crippen LogP contribution in [0.15, 0.2) is 41.3 Å². The van der Waals surface area contributed by atoms with Gasteiger partial charge < -0.3 is 20.6 Å². The molecule has 0 bridgehead atoms. The summed E-state index contributed by atoms with van der Waals surface area (Å²) < 4.78 is 22.2. The van der Waals surface area contributed by atoms with E-state index in [2.05, 4.69) is 5.32 Å². The molecule has 0 aliphatic rings. The fraction of sp³-hybridized carbons (Fsp3) is 0. The summed E-state index contributed by atoms with van der Waals surface area (Å²) in [6.07, 6.45) is 0. The van der Waals surface area contributed by atoms with Crippen molar-refractivity contribution < 1.29 is 28.5 Å². The molecule has 0 unspecified atom stereocenters. The van der Waals surface area contributed by atoms with Gasteiger partial charge in [0.05, 0.1) is 4.90 Å². The number of nitrogens with two attached hydrogens (primary N) is 1. The fourth-order valence-electron chi connectivity index (χ4n) is 1.67. The molecule has 2 aromatic rings. The molecule has 0 spiro atoms. The lowest BCUT2D eigenvalue weighted by Crippen LogP contribution is -2.13. The van der Waals surface area contributed by atoms with Gasteiger partial charge in [-0.15, -0.1) is 0 Å². The van der Waals surface area contributed by atoms with Crippen LogP contribution in [0.5, 0.6) is 17.2 Å². The van der Waals surface area contributed by atoms with Crippen molar-refractivity contribution >= 4 is 21.6 Å². The Hall–Kier alpha value is -2.78. The van der Waals surface area contributed by atoms with E-state index in [0.29, 0.717) is 0 Å². The number of anilines is 1. The fourth-order valence-corrected chi connectivity index (χ4v) is 2.18. The molecule has 0 aliphatic carbocycles. The number of rotatable bonds is 3. The zero-order valence-corrected chi connectivity index (χ0v) is 11.8. The topological polar surface area (TPSA) is 150 Å². The average Bonchev–Trinajstić information content (AvgIpc) is 2.43. The second-order valence-corrected chi connectivity index (χ2v) is 5.95. The zero-order chi connectivity index (χ0) is 16.5. The van der Waals surface area contributed by atoms with E-state index in [1.165, 1.54) is 24.3 Å². The summed E-state index contributed by atoms with van der Waals surface area (Å²) in [5.41, 5.74) is 0.188. The van der Waals surface area contributed by atoms with Crippen LogP contribution in [0.3, 0.4) is 0 Å². The van der Waals surface area contributed by atoms with Gasteiger partial charge in [0.1, 0.15) is 0 Å². The lowest BCUT2D eigenvalue weighted by Gasteiger charge is -2.08. The first-order valence-electron chi connectivity index (χ1n) is 5.87. The Morgan fingerprint density at radius 1 is 1.00 bits per heavy atom. The lowest BCUT2D eigenvalue weighted by atomic mass is 10.1. The third-order valence-electron chi connectivity index (χ3n) is 2.77. The first kappa shape index (κ1) is 15.6. The standard InChI is InChI=1S/C13H12N2O6S/c14-22(20,21)9-3-1-8(2-4-9)15-13(19)7-5-10(16)12(18)11(17)6-7/h1-6,16-18H,(H,15,19)(H2,14,20,21). The van der Waals surface area contributed by atoms with Crippen molar-refractivity contribution in [1.82, 2.24) is 0 Å². The summed E-state index contributed by atoms with van der Waals surface area (Å²) in [7, 11) is -3.82. The van der Waals surface area contributed by atoms with Crippen molar-refractivity contribution in [2.45, 2.75) is 4.90 Å². The van der Waals surface area contributed by atoms with E-state index in [0.717, 1.165) is 12.1 Å². The Morgan fingerprint density at radius 3 is 1.95 bits per heavy atom. The van der Waals surface area contributed by atoms with E-state index in [1.54, 1.807) is 0 Å². The maximum absolute atomic E-state index is 12.0. The minimum atomic E-state index is -3.82. The Labute approximate surface area is 125 Å². The summed E-state index contributed by atoms with van der Waals surface area (Å²) in [4.78, 5) is 11.8. The minimum Gasteiger partial charge on any atom is -0.504 e. The van der Waals surface area contributed by atoms with Gasteiger partial charge in [-0.1, -0.05) is 0 Å². The molecule has 9 heteroatoms. The molecule has 0 aromatic heterocycles. The van der Waals surface area contributed by atoms with Crippen molar-refractivity contribution in [3.05, 3.63) is 42.0 Å². The maximum Gasteiger partial charge on any atom is 0.255 e. The second-order valence-electron chi connectivity index (χ2n) is 4.39. The first-order chi connectivity index (χ1) is 10.2. The van der Waals surface area contributed by atoms with Gasteiger partial charge in [0.2, 0.25) is 10.0 Å². The van der Waals surface area contributed by atoms with Gasteiger partial charge in [-0.25, -0.2) is 13.6 Å². The van der Waals surface area contributed by atoms with E-state index in [9.17, 15) is 28.5 Å². The van der Waals surface area contributed by atoms with Crippen LogP contribution in [0, 0.1) is 0 Å². The monoisotopic (exact) mass is 324 g/mol. The largest absolute Gasteiger partial charge is 0.504 e. The Bertz CT molecular complexity index is 807. The Balaban J connectivity index is 2.22. The number of sulfonamides is 1. The van der Waals surface area contributed by atoms with Crippen molar-refractivity contribution in [3.8, 4) is 17.2 Å². The molecule has 2 rings (SSSR count). The number of aromatic hydroxyl groups is 3. The number of nitrogens with one attached hydrogen (secondary N) is 1. The highest BCUT2D eigenvalue weighted by atomic mass is 32.2. The van der Waals surface area contributed by atoms with Crippen LogP contribution in [0.1, 0.15) is 10.4 Å². The number of carbonyl (C=O) groups is 1. The van der Waals surface area contributed by atoms with Crippen LogP contribution in [-0.2, 0) is 10.0 Å². The van der Waals surface area contributed by atoms with Crippen molar-refractivity contribution in [2.75, 3.05) is 5.32 Å². The summed E-state index contributed by atoms with van der Waals surface area (Å²) >= 11 is 0. The number of carbonyl (C=O) groups excluding carboxylic acids is 1. The number of phenols is 3. The van der Waals surface area contributed by atoms with Crippen LogP contribution in [0.25, 0.3) is 0 Å². The molecule has 116 valence electrons. The summed E-state index contributed by atoms with van der Waals surface area (Å²) in [6, 6.07) is 7.05. The van der Waals surface area contributed by atoms with Gasteiger partial charge >= 0.3 is 0 Å². The third kappa shape index (κ3) is 3.27. The molecule has 1 amide bonds. The predicted molar refractivity (Wildman–Crippen MR) is 77.2 cm³/mol. The van der Waals surface area contributed by atoms with Crippen LogP contribution < -0.4 is 10.5 Å². The number of hydrogen-bond acceptors (Lipinski definition) is 6. The molecule has 2 aromatic carbocycles. The number of amides is 1. The van der Waals surface area contributed by atoms with E-state index in [-0.39, 0.29) is 16.1 Å². The summed E-state index contributed by atoms with van der Waals surface area (Å²) in [5.74, 6) is -2.69. The van der Waals surface area contributed by atoms with Gasteiger partial charge in [-0.05, 0) is 36.4 Å².